The van der Waals surface area contributed by atoms with Crippen LogP contribution in [0.5, 0.6) is 0 Å². The second-order valence-corrected chi connectivity index (χ2v) is 15.2. The highest BCUT2D eigenvalue weighted by Gasteiger charge is 2.27. The van der Waals surface area contributed by atoms with Gasteiger partial charge in [0.05, 0.1) is 19.8 Å². The van der Waals surface area contributed by atoms with Gasteiger partial charge in [0.2, 0.25) is 0 Å². The van der Waals surface area contributed by atoms with Crippen LogP contribution >= 0.6 is 7.82 Å². The molecule has 0 radical (unpaired) electrons. The molecule has 0 saturated carbocycles. The summed E-state index contributed by atoms with van der Waals surface area (Å²) in [6.07, 6.45) is 45.7. The first kappa shape index (κ1) is 51.7. The molecule has 11 heteroatoms. The molecule has 0 aromatic carbocycles. The maximum absolute atomic E-state index is 12.6. The van der Waals surface area contributed by atoms with E-state index >= 15 is 0 Å². The molecule has 0 aliphatic heterocycles. The first-order chi connectivity index (χ1) is 26.2. The van der Waals surface area contributed by atoms with Crippen LogP contribution in [-0.4, -0.2) is 60.5 Å². The molecule has 0 bridgehead atoms. The number of allylic oxidation sites excluding steroid dienone is 10. The van der Waals surface area contributed by atoms with Crippen LogP contribution < -0.4 is 5.73 Å². The zero-order chi connectivity index (χ0) is 39.8. The van der Waals surface area contributed by atoms with Gasteiger partial charge in [0.25, 0.3) is 0 Å². The summed E-state index contributed by atoms with van der Waals surface area (Å²) in [6.45, 7) is 3.60. The Kier molecular flexibility index (Phi) is 37.2. The fraction of sp³-hybridized carbons (Fsp3) is 0.721. The minimum Gasteiger partial charge on any atom is -0.480 e. The number of ether oxygens (including phenoxy) is 2. The molecule has 3 unspecified atom stereocenters. The Bertz CT molecular complexity index is 1090. The number of carboxylic acid groups (broad SMARTS) is 1. The predicted molar refractivity (Wildman–Crippen MR) is 221 cm³/mol. The van der Waals surface area contributed by atoms with E-state index in [1.165, 1.54) is 70.6 Å². The lowest BCUT2D eigenvalue weighted by Gasteiger charge is -2.20. The maximum atomic E-state index is 12.6. The summed E-state index contributed by atoms with van der Waals surface area (Å²) >= 11 is 0. The number of hydrogen-bond donors (Lipinski definition) is 3. The van der Waals surface area contributed by atoms with Crippen molar-refractivity contribution in [2.45, 2.75) is 174 Å². The van der Waals surface area contributed by atoms with E-state index in [2.05, 4.69) is 74.6 Å². The number of unbranched alkanes of at least 4 members (excludes halogenated alkanes) is 15. The molecule has 312 valence electrons. The van der Waals surface area contributed by atoms with Crippen molar-refractivity contribution in [2.75, 3.05) is 26.4 Å². The van der Waals surface area contributed by atoms with Gasteiger partial charge < -0.3 is 25.2 Å². The maximum Gasteiger partial charge on any atom is 0.472 e. The minimum absolute atomic E-state index is 0.0249. The van der Waals surface area contributed by atoms with E-state index in [4.69, 9.17) is 29.4 Å². The molecule has 54 heavy (non-hydrogen) atoms. The van der Waals surface area contributed by atoms with Gasteiger partial charge in [-0.25, -0.2) is 4.57 Å². The van der Waals surface area contributed by atoms with E-state index < -0.39 is 45.1 Å². The largest absolute Gasteiger partial charge is 0.480 e. The number of esters is 1. The zero-order valence-corrected chi connectivity index (χ0v) is 34.7. The molecule has 0 aromatic rings. The van der Waals surface area contributed by atoms with Gasteiger partial charge in [-0.1, -0.05) is 145 Å². The second kappa shape index (κ2) is 38.9. The topological polar surface area (TPSA) is 155 Å². The van der Waals surface area contributed by atoms with Gasteiger partial charge in [0, 0.05) is 13.0 Å². The average molecular weight is 782 g/mol. The number of carboxylic acids is 1. The second-order valence-electron chi connectivity index (χ2n) is 13.7. The monoisotopic (exact) mass is 782 g/mol. The average Bonchev–Trinajstić information content (AvgIpc) is 3.15. The number of carbonyl (C=O) groups is 2. The highest BCUT2D eigenvalue weighted by Crippen LogP contribution is 2.43. The number of aliphatic carboxylic acids is 1. The van der Waals surface area contributed by atoms with Crippen molar-refractivity contribution < 1.29 is 42.7 Å². The third-order valence-electron chi connectivity index (χ3n) is 8.53. The Morgan fingerprint density at radius 2 is 1.07 bits per heavy atom. The molecule has 3 atom stereocenters. The Hall–Kier alpha value is -2.33. The summed E-state index contributed by atoms with van der Waals surface area (Å²) in [6, 6.07) is -1.48. The van der Waals surface area contributed by atoms with Crippen molar-refractivity contribution in [1.82, 2.24) is 0 Å². The molecule has 4 N–H and O–H groups in total. The van der Waals surface area contributed by atoms with Gasteiger partial charge in [-0.05, 0) is 70.6 Å². The standard InChI is InChI=1S/C43H76NO9P/c1-3-5-7-9-11-13-15-17-19-20-21-22-23-25-27-29-31-33-35-42(45)53-40(38-51-54(48,49)52-39-41(44)43(46)47)37-50-36-34-32-30-28-26-24-18-16-14-12-10-8-6-4-2/h6,8,12,14,18-20,24,28,30,40-41H,3-5,7,9-11,13,15-17,21-23,25-27,29,31-39,44H2,1-2H3,(H,46,47)(H,48,49)/b8-6-,14-12-,20-19-,24-18-,30-28-. The molecule has 0 rings (SSSR count). The summed E-state index contributed by atoms with van der Waals surface area (Å²) in [4.78, 5) is 33.5. The van der Waals surface area contributed by atoms with E-state index in [1.807, 2.05) is 0 Å². The molecule has 0 spiro atoms. The van der Waals surface area contributed by atoms with Crippen LogP contribution in [0.3, 0.4) is 0 Å². The van der Waals surface area contributed by atoms with E-state index in [0.717, 1.165) is 64.2 Å². The lowest BCUT2D eigenvalue weighted by Crippen LogP contribution is -2.34. The molecular formula is C43H76NO9P. The van der Waals surface area contributed by atoms with Gasteiger partial charge >= 0.3 is 19.8 Å². The third kappa shape index (κ3) is 38.0. The number of phosphoric acid groups is 1. The van der Waals surface area contributed by atoms with E-state index in [1.54, 1.807) is 0 Å². The molecule has 0 saturated heterocycles. The van der Waals surface area contributed by atoms with Gasteiger partial charge in [-0.2, -0.15) is 0 Å². The minimum atomic E-state index is -4.63. The molecule has 0 aliphatic rings. The highest BCUT2D eigenvalue weighted by molar-refractivity contribution is 7.47. The molecule has 0 fully saturated rings. The van der Waals surface area contributed by atoms with Gasteiger partial charge in [-0.3, -0.25) is 18.6 Å². The predicted octanol–water partition coefficient (Wildman–Crippen LogP) is 11.3. The van der Waals surface area contributed by atoms with Crippen LogP contribution in [-0.2, 0) is 32.7 Å². The summed E-state index contributed by atoms with van der Waals surface area (Å²) in [5.41, 5.74) is 5.34. The van der Waals surface area contributed by atoms with Crippen LogP contribution in [0.25, 0.3) is 0 Å². The van der Waals surface area contributed by atoms with E-state index in [9.17, 15) is 19.0 Å². The fourth-order valence-corrected chi connectivity index (χ4v) is 6.09. The van der Waals surface area contributed by atoms with E-state index in [0.29, 0.717) is 13.0 Å². The molecule has 0 aliphatic carbocycles. The number of nitrogens with two attached hydrogens (primary N) is 1. The normalized spacial score (nSPS) is 14.6. The molecule has 0 aromatic heterocycles. The van der Waals surface area contributed by atoms with Crippen molar-refractivity contribution in [3.8, 4) is 0 Å². The van der Waals surface area contributed by atoms with Crippen LogP contribution in [0.1, 0.15) is 162 Å². The van der Waals surface area contributed by atoms with Crippen molar-refractivity contribution >= 4 is 19.8 Å². The van der Waals surface area contributed by atoms with Crippen LogP contribution in [0.4, 0.5) is 0 Å². The molecule has 0 heterocycles. The SMILES string of the molecule is CC/C=C\C/C=C\C/C=C\C/C=C\CCCOCC(COP(=O)(O)OCC(N)C(=O)O)OC(=O)CCCCCCCCC/C=C\CCCCCCCCC. The van der Waals surface area contributed by atoms with Crippen molar-refractivity contribution in [2.24, 2.45) is 5.73 Å². The Morgan fingerprint density at radius 1 is 0.611 bits per heavy atom. The van der Waals surface area contributed by atoms with Crippen molar-refractivity contribution in [1.29, 1.82) is 0 Å². The van der Waals surface area contributed by atoms with Crippen LogP contribution in [0, 0.1) is 0 Å². The quantitative estimate of drug-likeness (QED) is 0.0237. The summed E-state index contributed by atoms with van der Waals surface area (Å²) in [5.74, 6) is -1.81. The van der Waals surface area contributed by atoms with Crippen LogP contribution in [0.15, 0.2) is 60.8 Å². The highest BCUT2D eigenvalue weighted by atomic mass is 31.2. The first-order valence-corrected chi connectivity index (χ1v) is 22.3. The zero-order valence-electron chi connectivity index (χ0n) is 33.8. The first-order valence-electron chi connectivity index (χ1n) is 20.8. The number of carbonyl (C=O) groups excluding carboxylic acids is 1. The summed E-state index contributed by atoms with van der Waals surface area (Å²) in [7, 11) is -4.63. The van der Waals surface area contributed by atoms with Gasteiger partial charge in [-0.15, -0.1) is 0 Å². The van der Waals surface area contributed by atoms with Crippen LogP contribution in [0.2, 0.25) is 0 Å². The summed E-state index contributed by atoms with van der Waals surface area (Å²) < 4.78 is 33.2. The van der Waals surface area contributed by atoms with Gasteiger partial charge in [0.15, 0.2) is 0 Å². The van der Waals surface area contributed by atoms with Crippen molar-refractivity contribution in [3.05, 3.63) is 60.8 Å². The number of phosphoric ester groups is 1. The van der Waals surface area contributed by atoms with Gasteiger partial charge in [0.1, 0.15) is 12.1 Å². The molecular weight excluding hydrogens is 705 g/mol. The number of rotatable bonds is 39. The summed E-state index contributed by atoms with van der Waals surface area (Å²) in [5, 5.41) is 8.88. The van der Waals surface area contributed by atoms with E-state index in [-0.39, 0.29) is 13.0 Å². The third-order valence-corrected chi connectivity index (χ3v) is 9.48. The Morgan fingerprint density at radius 3 is 1.63 bits per heavy atom. The lowest BCUT2D eigenvalue weighted by molar-refractivity contribution is -0.154. The Labute approximate surface area is 328 Å². The molecule has 0 amide bonds. The van der Waals surface area contributed by atoms with Crippen molar-refractivity contribution in [3.63, 3.8) is 0 Å². The Balaban J connectivity index is 4.34. The molecule has 10 nitrogen and oxygen atoms in total. The smallest absolute Gasteiger partial charge is 0.472 e. The lowest BCUT2D eigenvalue weighted by atomic mass is 10.1. The number of hydrogen-bond acceptors (Lipinski definition) is 8. The fourth-order valence-electron chi connectivity index (χ4n) is 5.31.